The number of rotatable bonds is 3. The Kier molecular flexibility index (Phi) is 4.44. The predicted molar refractivity (Wildman–Crippen MR) is 91.8 cm³/mol. The van der Waals surface area contributed by atoms with E-state index in [1.165, 1.54) is 5.56 Å². The van der Waals surface area contributed by atoms with Crippen molar-refractivity contribution in [1.82, 2.24) is 5.32 Å². The van der Waals surface area contributed by atoms with Crippen LogP contribution in [0.1, 0.15) is 5.56 Å². The molecule has 1 aliphatic rings. The monoisotopic (exact) mass is 314 g/mol. The first-order chi connectivity index (χ1) is 10.7. The second-order valence-corrected chi connectivity index (χ2v) is 5.61. The number of ether oxygens (including phenoxy) is 2. The molecule has 0 radical (unpaired) electrons. The molecule has 22 heavy (non-hydrogen) atoms. The molecule has 0 spiro atoms. The summed E-state index contributed by atoms with van der Waals surface area (Å²) in [7, 11) is 0. The molecule has 0 saturated heterocycles. The molecule has 0 saturated carbocycles. The maximum atomic E-state index is 5.87. The van der Waals surface area contributed by atoms with E-state index in [4.69, 9.17) is 21.7 Å². The summed E-state index contributed by atoms with van der Waals surface area (Å²) in [5, 5.41) is 6.89. The van der Waals surface area contributed by atoms with E-state index in [-0.39, 0.29) is 6.10 Å². The lowest BCUT2D eigenvalue weighted by molar-refractivity contribution is 0.0939. The Morgan fingerprint density at radius 1 is 1.14 bits per heavy atom. The van der Waals surface area contributed by atoms with Gasteiger partial charge in [0.2, 0.25) is 0 Å². The molecule has 0 aliphatic carbocycles. The largest absolute Gasteiger partial charge is 0.486 e. The molecule has 0 bridgehead atoms. The number of nitrogens with one attached hydrogen (secondary N) is 2. The van der Waals surface area contributed by atoms with Gasteiger partial charge in [-0.25, -0.2) is 0 Å². The van der Waals surface area contributed by atoms with Crippen molar-refractivity contribution in [2.75, 3.05) is 18.5 Å². The van der Waals surface area contributed by atoms with Crippen LogP contribution in [-0.4, -0.2) is 24.4 Å². The Bertz CT molecular complexity index is 658. The Balaban J connectivity index is 1.49. The summed E-state index contributed by atoms with van der Waals surface area (Å²) < 4.78 is 11.5. The smallest absolute Gasteiger partial charge is 0.170 e. The summed E-state index contributed by atoms with van der Waals surface area (Å²) in [5.41, 5.74) is 2.19. The van der Waals surface area contributed by atoms with Crippen LogP contribution in [0.5, 0.6) is 11.5 Å². The Morgan fingerprint density at radius 3 is 2.64 bits per heavy atom. The zero-order valence-electron chi connectivity index (χ0n) is 12.3. The van der Waals surface area contributed by atoms with E-state index in [1.807, 2.05) is 48.5 Å². The van der Waals surface area contributed by atoms with Crippen LogP contribution in [0, 0.1) is 6.92 Å². The molecule has 2 aromatic rings. The fraction of sp³-hybridized carbons (Fsp3) is 0.235. The summed E-state index contributed by atoms with van der Waals surface area (Å²) in [6.07, 6.45) is -0.0623. The Labute approximate surface area is 135 Å². The molecule has 0 amide bonds. The van der Waals surface area contributed by atoms with Gasteiger partial charge in [0.25, 0.3) is 0 Å². The molecule has 1 heterocycles. The van der Waals surface area contributed by atoms with Gasteiger partial charge in [0, 0.05) is 5.69 Å². The van der Waals surface area contributed by atoms with E-state index in [0.717, 1.165) is 17.2 Å². The van der Waals surface area contributed by atoms with Crippen molar-refractivity contribution < 1.29 is 9.47 Å². The van der Waals surface area contributed by atoms with E-state index in [1.54, 1.807) is 0 Å². The average molecular weight is 314 g/mol. The summed E-state index contributed by atoms with van der Waals surface area (Å²) in [5.74, 6) is 1.57. The van der Waals surface area contributed by atoms with Crippen molar-refractivity contribution in [3.8, 4) is 11.5 Å². The lowest BCUT2D eigenvalue weighted by Gasteiger charge is -2.27. The van der Waals surface area contributed by atoms with Crippen molar-refractivity contribution >= 4 is 23.0 Å². The summed E-state index contributed by atoms with van der Waals surface area (Å²) >= 11 is 5.30. The first-order valence-electron chi connectivity index (χ1n) is 7.21. The number of hydrogen-bond acceptors (Lipinski definition) is 3. The highest BCUT2D eigenvalue weighted by Crippen LogP contribution is 2.30. The molecule has 4 nitrogen and oxygen atoms in total. The molecule has 2 N–H and O–H groups in total. The molecule has 1 aliphatic heterocycles. The normalized spacial score (nSPS) is 16.0. The molecule has 5 heteroatoms. The second kappa shape index (κ2) is 6.66. The molecular formula is C17H18N2O2S. The minimum absolute atomic E-state index is 0.0623. The van der Waals surface area contributed by atoms with Gasteiger partial charge in [-0.1, -0.05) is 29.8 Å². The fourth-order valence-electron chi connectivity index (χ4n) is 2.18. The number of hydrogen-bond donors (Lipinski definition) is 2. The quantitative estimate of drug-likeness (QED) is 0.852. The predicted octanol–water partition coefficient (Wildman–Crippen LogP) is 3.12. The van der Waals surface area contributed by atoms with E-state index >= 15 is 0 Å². The van der Waals surface area contributed by atoms with Crippen molar-refractivity contribution in [2.24, 2.45) is 0 Å². The van der Waals surface area contributed by atoms with Gasteiger partial charge >= 0.3 is 0 Å². The summed E-state index contributed by atoms with van der Waals surface area (Å²) in [4.78, 5) is 0. The van der Waals surface area contributed by atoms with Gasteiger partial charge in [0.05, 0.1) is 6.54 Å². The van der Waals surface area contributed by atoms with Crippen molar-refractivity contribution in [1.29, 1.82) is 0 Å². The van der Waals surface area contributed by atoms with Crippen LogP contribution in [0.2, 0.25) is 0 Å². The fourth-order valence-corrected chi connectivity index (χ4v) is 2.38. The highest BCUT2D eigenvalue weighted by molar-refractivity contribution is 7.80. The maximum Gasteiger partial charge on any atom is 0.170 e. The van der Waals surface area contributed by atoms with Gasteiger partial charge in [0.15, 0.2) is 16.6 Å². The van der Waals surface area contributed by atoms with Crippen LogP contribution in [0.25, 0.3) is 0 Å². The third-order valence-corrected chi connectivity index (χ3v) is 3.61. The van der Waals surface area contributed by atoms with E-state index < -0.39 is 0 Å². The minimum Gasteiger partial charge on any atom is -0.486 e. The number of aryl methyl sites for hydroxylation is 1. The van der Waals surface area contributed by atoms with Crippen LogP contribution in [0.15, 0.2) is 48.5 Å². The topological polar surface area (TPSA) is 42.5 Å². The number of benzene rings is 2. The molecule has 2 aromatic carbocycles. The lowest BCUT2D eigenvalue weighted by Crippen LogP contribution is -2.42. The number of anilines is 1. The van der Waals surface area contributed by atoms with Crippen molar-refractivity contribution in [2.45, 2.75) is 13.0 Å². The molecular weight excluding hydrogens is 296 g/mol. The highest BCUT2D eigenvalue weighted by atomic mass is 32.1. The minimum atomic E-state index is -0.0623. The second-order valence-electron chi connectivity index (χ2n) is 5.20. The SMILES string of the molecule is Cc1ccc(NC(=S)NC[C@@H]2COc3ccccc3O2)cc1. The van der Waals surface area contributed by atoms with Crippen LogP contribution in [-0.2, 0) is 0 Å². The lowest BCUT2D eigenvalue weighted by atomic mass is 10.2. The standard InChI is InChI=1S/C17H18N2O2S/c1-12-6-8-13(9-7-12)19-17(22)18-10-14-11-20-15-4-2-3-5-16(15)21-14/h2-9,14H,10-11H2,1H3,(H2,18,19,22)/t14-/m1/s1. The van der Waals surface area contributed by atoms with E-state index in [2.05, 4.69) is 17.6 Å². The van der Waals surface area contributed by atoms with E-state index in [9.17, 15) is 0 Å². The van der Waals surface area contributed by atoms with Crippen LogP contribution >= 0.6 is 12.2 Å². The van der Waals surface area contributed by atoms with Crippen LogP contribution in [0.4, 0.5) is 5.69 Å². The zero-order valence-corrected chi connectivity index (χ0v) is 13.2. The number of fused-ring (bicyclic) bond motifs is 1. The Hall–Kier alpha value is -2.27. The van der Waals surface area contributed by atoms with E-state index in [0.29, 0.717) is 18.3 Å². The van der Waals surface area contributed by atoms with Crippen molar-refractivity contribution in [3.05, 3.63) is 54.1 Å². The van der Waals surface area contributed by atoms with Crippen molar-refractivity contribution in [3.63, 3.8) is 0 Å². The number of para-hydroxylation sites is 2. The van der Waals surface area contributed by atoms with Gasteiger partial charge in [-0.3, -0.25) is 0 Å². The average Bonchev–Trinajstić information content (AvgIpc) is 2.55. The molecule has 0 fully saturated rings. The maximum absolute atomic E-state index is 5.87. The highest BCUT2D eigenvalue weighted by Gasteiger charge is 2.20. The van der Waals surface area contributed by atoms with Gasteiger partial charge in [-0.15, -0.1) is 0 Å². The van der Waals surface area contributed by atoms with Crippen LogP contribution in [0.3, 0.4) is 0 Å². The summed E-state index contributed by atoms with van der Waals surface area (Å²) in [6.45, 7) is 3.15. The third kappa shape index (κ3) is 3.68. The van der Waals surface area contributed by atoms with Gasteiger partial charge in [0.1, 0.15) is 12.7 Å². The van der Waals surface area contributed by atoms with Gasteiger partial charge in [-0.2, -0.15) is 0 Å². The van der Waals surface area contributed by atoms with Crippen LogP contribution < -0.4 is 20.1 Å². The van der Waals surface area contributed by atoms with Gasteiger partial charge < -0.3 is 20.1 Å². The molecule has 0 unspecified atom stereocenters. The first kappa shape index (κ1) is 14.7. The summed E-state index contributed by atoms with van der Waals surface area (Å²) in [6, 6.07) is 15.8. The number of thiocarbonyl (C=S) groups is 1. The molecule has 1 atom stereocenters. The molecule has 3 rings (SSSR count). The third-order valence-electron chi connectivity index (χ3n) is 3.37. The molecule has 114 valence electrons. The molecule has 0 aromatic heterocycles. The Morgan fingerprint density at radius 2 is 1.86 bits per heavy atom. The zero-order chi connectivity index (χ0) is 15.4. The first-order valence-corrected chi connectivity index (χ1v) is 7.61. The van der Waals surface area contributed by atoms with Gasteiger partial charge in [-0.05, 0) is 43.4 Å².